The number of carbonyl (C=O) groups is 2. The van der Waals surface area contributed by atoms with E-state index in [2.05, 4.69) is 30.7 Å². The van der Waals surface area contributed by atoms with Crippen LogP contribution in [0.2, 0.25) is 0 Å². The monoisotopic (exact) mass is 656 g/mol. The van der Waals surface area contributed by atoms with Crippen molar-refractivity contribution in [3.63, 3.8) is 0 Å². The van der Waals surface area contributed by atoms with Crippen LogP contribution < -0.4 is 19.3 Å². The van der Waals surface area contributed by atoms with Crippen molar-refractivity contribution in [2.45, 2.75) is 79.6 Å². The zero-order valence-corrected chi connectivity index (χ0v) is 29.8. The third kappa shape index (κ3) is 9.26. The largest absolute Gasteiger partial charge is 0.497 e. The van der Waals surface area contributed by atoms with Gasteiger partial charge in [-0.05, 0) is 111 Å². The molecule has 3 heterocycles. The third-order valence-corrected chi connectivity index (χ3v) is 9.17. The Labute approximate surface area is 286 Å². The average Bonchev–Trinajstić information content (AvgIpc) is 3.90. The molecule has 2 fully saturated rings. The van der Waals surface area contributed by atoms with Gasteiger partial charge >= 0.3 is 5.97 Å². The molecule has 2 aliphatic rings. The Morgan fingerprint density at radius 3 is 2.42 bits per heavy atom. The topological polar surface area (TPSA) is 94.1 Å². The van der Waals surface area contributed by atoms with E-state index in [9.17, 15) is 9.59 Å². The molecule has 9 heteroatoms. The van der Waals surface area contributed by atoms with Crippen molar-refractivity contribution in [3.05, 3.63) is 71.0 Å². The molecule has 5 rings (SSSR count). The number of hydrogen-bond donors (Lipinski definition) is 0. The molecule has 0 spiro atoms. The number of nitrogens with zero attached hydrogens (tertiary/aromatic N) is 4. The van der Waals surface area contributed by atoms with Crippen molar-refractivity contribution in [3.8, 4) is 11.6 Å². The fraction of sp³-hybridized carbons (Fsp3) is 0.538. The van der Waals surface area contributed by atoms with E-state index in [1.165, 1.54) is 0 Å². The summed E-state index contributed by atoms with van der Waals surface area (Å²) in [6, 6.07) is 13.7. The molecule has 1 atom stereocenters. The molecule has 48 heavy (non-hydrogen) atoms. The third-order valence-electron chi connectivity index (χ3n) is 9.17. The summed E-state index contributed by atoms with van der Waals surface area (Å²) in [6.45, 7) is 15.3. The highest BCUT2D eigenvalue weighted by atomic mass is 16.5. The molecule has 1 unspecified atom stereocenters. The SMILES string of the molecule is CCOC(=O)CC(c1ccnc(OCC2CCN(c3cc(OC)ccc3C(=O)N(CC(C)(C)C)c3cc(C)cc(C)n3)CC2)c1)C1CC1. The first kappa shape index (κ1) is 35.2. The molecule has 3 aromatic rings. The van der Waals surface area contributed by atoms with Crippen LogP contribution in [-0.4, -0.2) is 61.8 Å². The molecule has 0 radical (unpaired) electrons. The average molecular weight is 657 g/mol. The summed E-state index contributed by atoms with van der Waals surface area (Å²) < 4.78 is 17.1. The lowest BCUT2D eigenvalue weighted by Crippen LogP contribution is -2.41. The molecular weight excluding hydrogens is 604 g/mol. The van der Waals surface area contributed by atoms with E-state index >= 15 is 0 Å². The van der Waals surface area contributed by atoms with E-state index in [-0.39, 0.29) is 23.2 Å². The maximum atomic E-state index is 14.4. The van der Waals surface area contributed by atoms with Gasteiger partial charge in [0.2, 0.25) is 5.88 Å². The number of pyridine rings is 2. The fourth-order valence-electron chi connectivity index (χ4n) is 6.65. The standard InChI is InChI=1S/C39H52N4O5/c1-8-47-37(44)23-33(29-9-10-29)30-13-16-40-36(21-30)48-24-28-14-17-42(18-15-28)34-22-31(46-7)11-12-32(34)38(45)43(25-39(4,5)6)35-20-26(2)19-27(3)41-35/h11-13,16,19-22,28-29,33H,8-10,14-15,17-18,23-25H2,1-7H3. The van der Waals surface area contributed by atoms with E-state index in [4.69, 9.17) is 19.2 Å². The van der Waals surface area contributed by atoms with Gasteiger partial charge in [-0.25, -0.2) is 9.97 Å². The quantitative estimate of drug-likeness (QED) is 0.174. The van der Waals surface area contributed by atoms with E-state index in [1.807, 2.05) is 68.1 Å². The van der Waals surface area contributed by atoms with Gasteiger partial charge in [0.1, 0.15) is 11.6 Å². The zero-order valence-electron chi connectivity index (χ0n) is 29.8. The van der Waals surface area contributed by atoms with Crippen LogP contribution in [0.3, 0.4) is 0 Å². The van der Waals surface area contributed by atoms with Crippen molar-refractivity contribution in [2.75, 3.05) is 49.8 Å². The van der Waals surface area contributed by atoms with Crippen LogP contribution in [0.5, 0.6) is 11.6 Å². The van der Waals surface area contributed by atoms with E-state index in [0.29, 0.717) is 55.3 Å². The Balaban J connectivity index is 1.27. The Kier molecular flexibility index (Phi) is 11.3. The minimum atomic E-state index is -0.148. The molecule has 1 saturated carbocycles. The number of anilines is 2. The highest BCUT2D eigenvalue weighted by Crippen LogP contribution is 2.45. The van der Waals surface area contributed by atoms with Crippen LogP contribution in [0.1, 0.15) is 92.9 Å². The van der Waals surface area contributed by atoms with Crippen LogP contribution in [0.4, 0.5) is 11.5 Å². The summed E-state index contributed by atoms with van der Waals surface area (Å²) in [7, 11) is 1.66. The Hall–Kier alpha value is -4.14. The van der Waals surface area contributed by atoms with E-state index in [1.54, 1.807) is 13.3 Å². The van der Waals surface area contributed by atoms with E-state index in [0.717, 1.165) is 67.0 Å². The lowest BCUT2D eigenvalue weighted by Gasteiger charge is -2.36. The minimum absolute atomic E-state index is 0.0658. The summed E-state index contributed by atoms with van der Waals surface area (Å²) >= 11 is 0. The number of esters is 1. The van der Waals surface area contributed by atoms with E-state index < -0.39 is 0 Å². The Bertz CT molecular complexity index is 1550. The van der Waals surface area contributed by atoms with Gasteiger partial charge in [-0.1, -0.05) is 20.8 Å². The first-order chi connectivity index (χ1) is 22.9. The molecule has 9 nitrogen and oxygen atoms in total. The number of piperidine rings is 1. The lowest BCUT2D eigenvalue weighted by atomic mass is 9.92. The van der Waals surface area contributed by atoms with Crippen LogP contribution in [-0.2, 0) is 9.53 Å². The number of carbonyl (C=O) groups excluding carboxylic acids is 2. The lowest BCUT2D eigenvalue weighted by molar-refractivity contribution is -0.143. The molecule has 2 aromatic heterocycles. The number of aromatic nitrogens is 2. The van der Waals surface area contributed by atoms with Crippen molar-refractivity contribution in [1.82, 2.24) is 9.97 Å². The Morgan fingerprint density at radius 1 is 1.02 bits per heavy atom. The molecule has 1 amide bonds. The predicted octanol–water partition coefficient (Wildman–Crippen LogP) is 7.54. The van der Waals surface area contributed by atoms with Gasteiger partial charge < -0.3 is 19.1 Å². The number of hydrogen-bond acceptors (Lipinski definition) is 8. The van der Waals surface area contributed by atoms with Gasteiger partial charge in [-0.2, -0.15) is 0 Å². The number of methoxy groups -OCH3 is 1. The number of benzene rings is 1. The second kappa shape index (κ2) is 15.4. The molecule has 1 aromatic carbocycles. The molecule has 0 N–H and O–H groups in total. The van der Waals surface area contributed by atoms with Gasteiger partial charge in [0, 0.05) is 43.7 Å². The summed E-state index contributed by atoms with van der Waals surface area (Å²) in [5.41, 5.74) is 4.45. The van der Waals surface area contributed by atoms with Gasteiger partial charge in [0.25, 0.3) is 5.91 Å². The highest BCUT2D eigenvalue weighted by Gasteiger charge is 2.35. The summed E-state index contributed by atoms with van der Waals surface area (Å²) in [5, 5.41) is 0. The van der Waals surface area contributed by atoms with Crippen molar-refractivity contribution in [1.29, 1.82) is 0 Å². The van der Waals surface area contributed by atoms with Gasteiger partial charge in [0.05, 0.1) is 38.0 Å². The second-order valence-electron chi connectivity index (χ2n) is 14.6. The normalized spacial score (nSPS) is 15.9. The number of ether oxygens (including phenoxy) is 3. The summed E-state index contributed by atoms with van der Waals surface area (Å²) in [6.07, 6.45) is 6.29. The van der Waals surface area contributed by atoms with Gasteiger partial charge in [-0.3, -0.25) is 14.5 Å². The molecule has 0 bridgehead atoms. The van der Waals surface area contributed by atoms with Gasteiger partial charge in [0.15, 0.2) is 0 Å². The van der Waals surface area contributed by atoms with Crippen LogP contribution in [0.25, 0.3) is 0 Å². The first-order valence-corrected chi connectivity index (χ1v) is 17.4. The molecular formula is C39H52N4O5. The highest BCUT2D eigenvalue weighted by molar-refractivity contribution is 6.09. The smallest absolute Gasteiger partial charge is 0.306 e. The summed E-state index contributed by atoms with van der Waals surface area (Å²) in [4.78, 5) is 40.1. The van der Waals surface area contributed by atoms with Crippen molar-refractivity contribution < 1.29 is 23.8 Å². The number of aryl methyl sites for hydroxylation is 2. The van der Waals surface area contributed by atoms with Crippen molar-refractivity contribution in [2.24, 2.45) is 17.3 Å². The molecule has 258 valence electrons. The first-order valence-electron chi connectivity index (χ1n) is 17.4. The maximum absolute atomic E-state index is 14.4. The number of rotatable bonds is 13. The van der Waals surface area contributed by atoms with Gasteiger partial charge in [-0.15, -0.1) is 0 Å². The van der Waals surface area contributed by atoms with Crippen LogP contribution in [0, 0.1) is 31.1 Å². The second-order valence-corrected chi connectivity index (χ2v) is 14.6. The maximum Gasteiger partial charge on any atom is 0.306 e. The van der Waals surface area contributed by atoms with Crippen molar-refractivity contribution >= 4 is 23.4 Å². The zero-order chi connectivity index (χ0) is 34.4. The predicted molar refractivity (Wildman–Crippen MR) is 189 cm³/mol. The number of amides is 1. The minimum Gasteiger partial charge on any atom is -0.497 e. The van der Waals surface area contributed by atoms with Crippen LogP contribution >= 0.6 is 0 Å². The molecule has 1 aliphatic heterocycles. The summed E-state index contributed by atoms with van der Waals surface area (Å²) in [5.74, 6) is 2.79. The molecule has 1 saturated heterocycles. The fourth-order valence-corrected chi connectivity index (χ4v) is 6.65. The molecule has 1 aliphatic carbocycles. The Morgan fingerprint density at radius 2 is 1.77 bits per heavy atom. The van der Waals surface area contributed by atoms with Crippen LogP contribution in [0.15, 0.2) is 48.7 Å².